The molecule has 1 heterocycles. The minimum atomic E-state index is -1.10. The van der Waals surface area contributed by atoms with E-state index in [1.807, 2.05) is 24.3 Å². The van der Waals surface area contributed by atoms with Crippen LogP contribution in [-0.4, -0.2) is 40.7 Å². The SMILES string of the molecule is COc1ccc2nc(NC(=O)CSc3cccc(NC(=O)c4cccc5cccc(C(=O)O)c45)c3)sc2c1. The van der Waals surface area contributed by atoms with E-state index in [0.29, 0.717) is 21.6 Å². The highest BCUT2D eigenvalue weighted by atomic mass is 32.2. The van der Waals surface area contributed by atoms with E-state index in [-0.39, 0.29) is 22.8 Å². The second-order valence-corrected chi connectivity index (χ2v) is 10.3. The minimum absolute atomic E-state index is 0.0656. The lowest BCUT2D eigenvalue weighted by molar-refractivity contribution is -0.113. The van der Waals surface area contributed by atoms with Gasteiger partial charge in [-0.2, -0.15) is 0 Å². The predicted molar refractivity (Wildman–Crippen MR) is 151 cm³/mol. The third-order valence-electron chi connectivity index (χ3n) is 5.68. The van der Waals surface area contributed by atoms with Gasteiger partial charge in [0.2, 0.25) is 5.91 Å². The first-order valence-corrected chi connectivity index (χ1v) is 13.2. The van der Waals surface area contributed by atoms with Crippen LogP contribution in [0.1, 0.15) is 20.7 Å². The monoisotopic (exact) mass is 543 g/mol. The number of hydrogen-bond acceptors (Lipinski definition) is 7. The quantitative estimate of drug-likeness (QED) is 0.201. The van der Waals surface area contributed by atoms with Crippen LogP contribution in [0.4, 0.5) is 10.8 Å². The normalized spacial score (nSPS) is 10.9. The molecule has 0 saturated carbocycles. The van der Waals surface area contributed by atoms with Gasteiger partial charge in [0.05, 0.1) is 28.6 Å². The van der Waals surface area contributed by atoms with Crippen LogP contribution in [0.2, 0.25) is 0 Å². The zero-order chi connectivity index (χ0) is 26.6. The highest BCUT2D eigenvalue weighted by molar-refractivity contribution is 8.00. The molecular weight excluding hydrogens is 522 g/mol. The van der Waals surface area contributed by atoms with Crippen molar-refractivity contribution in [3.8, 4) is 5.75 Å². The fourth-order valence-corrected chi connectivity index (χ4v) is 5.63. The lowest BCUT2D eigenvalue weighted by atomic mass is 9.98. The number of hydrogen-bond donors (Lipinski definition) is 3. The fourth-order valence-electron chi connectivity index (χ4n) is 3.96. The Morgan fingerprint density at radius 2 is 1.71 bits per heavy atom. The molecule has 0 bridgehead atoms. The van der Waals surface area contributed by atoms with Crippen LogP contribution in [0.15, 0.2) is 83.8 Å². The zero-order valence-electron chi connectivity index (χ0n) is 20.1. The maximum absolute atomic E-state index is 13.1. The first kappa shape index (κ1) is 25.2. The molecule has 0 unspecified atom stereocenters. The molecule has 0 fully saturated rings. The standard InChI is InChI=1S/C28H21N3O5S2/c1-36-18-11-12-22-23(14-18)38-28(30-22)31-24(32)15-37-19-8-4-7-17(13-19)29-26(33)20-9-2-5-16-6-3-10-21(25(16)20)27(34)35/h2-14H,15H2,1H3,(H,29,33)(H,34,35)(H,30,31,32). The Labute approximate surface area is 225 Å². The number of rotatable bonds is 8. The maximum atomic E-state index is 13.1. The molecule has 0 spiro atoms. The molecule has 0 atom stereocenters. The van der Waals surface area contributed by atoms with Gasteiger partial charge in [-0.3, -0.25) is 9.59 Å². The number of nitrogens with one attached hydrogen (secondary N) is 2. The number of fused-ring (bicyclic) bond motifs is 2. The van der Waals surface area contributed by atoms with Gasteiger partial charge in [-0.25, -0.2) is 9.78 Å². The molecule has 0 aliphatic rings. The molecule has 190 valence electrons. The van der Waals surface area contributed by atoms with E-state index in [1.165, 1.54) is 29.2 Å². The first-order valence-electron chi connectivity index (χ1n) is 11.4. The van der Waals surface area contributed by atoms with Gasteiger partial charge in [0, 0.05) is 21.5 Å². The van der Waals surface area contributed by atoms with Crippen LogP contribution in [0, 0.1) is 0 Å². The number of amides is 2. The van der Waals surface area contributed by atoms with Crippen molar-refractivity contribution in [2.45, 2.75) is 4.90 Å². The highest BCUT2D eigenvalue weighted by Gasteiger charge is 2.17. The molecule has 0 aliphatic heterocycles. The Kier molecular flexibility index (Phi) is 7.25. The summed E-state index contributed by atoms with van der Waals surface area (Å²) >= 11 is 2.69. The van der Waals surface area contributed by atoms with Crippen molar-refractivity contribution in [1.29, 1.82) is 0 Å². The minimum Gasteiger partial charge on any atom is -0.497 e. The number of carboxylic acid groups (broad SMARTS) is 1. The smallest absolute Gasteiger partial charge is 0.336 e. The van der Waals surface area contributed by atoms with Crippen molar-refractivity contribution < 1.29 is 24.2 Å². The van der Waals surface area contributed by atoms with Gasteiger partial charge in [-0.15, -0.1) is 11.8 Å². The Morgan fingerprint density at radius 3 is 2.47 bits per heavy atom. The third kappa shape index (κ3) is 5.46. The number of methoxy groups -OCH3 is 1. The second-order valence-electron chi connectivity index (χ2n) is 8.19. The summed E-state index contributed by atoms with van der Waals surface area (Å²) in [6.45, 7) is 0. The summed E-state index contributed by atoms with van der Waals surface area (Å²) in [6, 6.07) is 22.7. The molecular formula is C28H21N3O5S2. The van der Waals surface area contributed by atoms with Crippen LogP contribution in [0.25, 0.3) is 21.0 Å². The summed E-state index contributed by atoms with van der Waals surface area (Å²) in [5.74, 6) is -0.839. The second kappa shape index (κ2) is 10.9. The summed E-state index contributed by atoms with van der Waals surface area (Å²) in [6.07, 6.45) is 0. The number of carbonyl (C=O) groups excluding carboxylic acids is 2. The molecule has 0 aliphatic carbocycles. The number of carbonyl (C=O) groups is 3. The first-order chi connectivity index (χ1) is 18.4. The lowest BCUT2D eigenvalue weighted by Crippen LogP contribution is -2.14. The van der Waals surface area contributed by atoms with Crippen molar-refractivity contribution in [2.75, 3.05) is 23.5 Å². The van der Waals surface area contributed by atoms with E-state index in [9.17, 15) is 19.5 Å². The summed E-state index contributed by atoms with van der Waals surface area (Å²) in [5.41, 5.74) is 1.65. The molecule has 2 amide bonds. The predicted octanol–water partition coefficient (Wildman–Crippen LogP) is 6.14. The van der Waals surface area contributed by atoms with Gasteiger partial charge in [0.25, 0.3) is 5.91 Å². The molecule has 1 aromatic heterocycles. The van der Waals surface area contributed by atoms with Gasteiger partial charge in [0.15, 0.2) is 5.13 Å². The Hall–Kier alpha value is -4.41. The number of aromatic carboxylic acids is 1. The van der Waals surface area contributed by atoms with Gasteiger partial charge >= 0.3 is 5.97 Å². The summed E-state index contributed by atoms with van der Waals surface area (Å²) in [4.78, 5) is 42.6. The molecule has 4 aromatic carbocycles. The van der Waals surface area contributed by atoms with Gasteiger partial charge < -0.3 is 20.5 Å². The Morgan fingerprint density at radius 1 is 0.947 bits per heavy atom. The van der Waals surface area contributed by atoms with E-state index in [0.717, 1.165) is 20.9 Å². The van der Waals surface area contributed by atoms with Crippen LogP contribution in [0.3, 0.4) is 0 Å². The van der Waals surface area contributed by atoms with Crippen LogP contribution in [-0.2, 0) is 4.79 Å². The summed E-state index contributed by atoms with van der Waals surface area (Å²) in [5, 5.41) is 16.8. The Balaban J connectivity index is 1.25. The van der Waals surface area contributed by atoms with E-state index >= 15 is 0 Å². The molecule has 5 aromatic rings. The molecule has 0 saturated heterocycles. The van der Waals surface area contributed by atoms with Gasteiger partial charge in [0.1, 0.15) is 5.75 Å². The number of nitrogens with zero attached hydrogens (tertiary/aromatic N) is 1. The van der Waals surface area contributed by atoms with E-state index in [1.54, 1.807) is 55.6 Å². The highest BCUT2D eigenvalue weighted by Crippen LogP contribution is 2.30. The Bertz CT molecular complexity index is 1690. The van der Waals surface area contributed by atoms with Crippen molar-refractivity contribution in [1.82, 2.24) is 4.98 Å². The van der Waals surface area contributed by atoms with Crippen LogP contribution >= 0.6 is 23.1 Å². The lowest BCUT2D eigenvalue weighted by Gasteiger charge is -2.11. The van der Waals surface area contributed by atoms with E-state index < -0.39 is 11.9 Å². The average molecular weight is 544 g/mol. The largest absolute Gasteiger partial charge is 0.497 e. The molecule has 5 rings (SSSR count). The molecule has 3 N–H and O–H groups in total. The third-order valence-corrected chi connectivity index (χ3v) is 7.61. The van der Waals surface area contributed by atoms with Crippen molar-refractivity contribution >= 4 is 72.7 Å². The number of benzene rings is 4. The number of thiazole rings is 1. The summed E-state index contributed by atoms with van der Waals surface area (Å²) in [7, 11) is 1.60. The summed E-state index contributed by atoms with van der Waals surface area (Å²) < 4.78 is 6.15. The topological polar surface area (TPSA) is 118 Å². The van der Waals surface area contributed by atoms with E-state index in [4.69, 9.17) is 4.74 Å². The van der Waals surface area contributed by atoms with E-state index in [2.05, 4.69) is 15.6 Å². The van der Waals surface area contributed by atoms with Crippen molar-refractivity contribution in [2.24, 2.45) is 0 Å². The number of aromatic nitrogens is 1. The van der Waals surface area contributed by atoms with Crippen LogP contribution in [0.5, 0.6) is 5.75 Å². The number of anilines is 2. The maximum Gasteiger partial charge on any atom is 0.336 e. The average Bonchev–Trinajstić information content (AvgIpc) is 3.32. The molecule has 8 nitrogen and oxygen atoms in total. The number of carboxylic acids is 1. The van der Waals surface area contributed by atoms with Crippen molar-refractivity contribution in [3.63, 3.8) is 0 Å². The fraction of sp³-hybridized carbons (Fsp3) is 0.0714. The van der Waals surface area contributed by atoms with Gasteiger partial charge in [-0.05, 0) is 53.9 Å². The van der Waals surface area contributed by atoms with Gasteiger partial charge in [-0.1, -0.05) is 41.7 Å². The number of thioether (sulfide) groups is 1. The van der Waals surface area contributed by atoms with Crippen LogP contribution < -0.4 is 15.4 Å². The molecule has 38 heavy (non-hydrogen) atoms. The van der Waals surface area contributed by atoms with Crippen molar-refractivity contribution in [3.05, 3.63) is 90.0 Å². The molecule has 0 radical (unpaired) electrons. The zero-order valence-corrected chi connectivity index (χ0v) is 21.7. The number of ether oxygens (including phenoxy) is 1. The molecule has 10 heteroatoms.